The Morgan fingerprint density at radius 2 is 2.06 bits per heavy atom. The molecule has 2 rings (SSSR count). The highest BCUT2D eigenvalue weighted by atomic mass is 16.3. The van der Waals surface area contributed by atoms with Crippen LogP contribution in [0.5, 0.6) is 0 Å². The highest BCUT2D eigenvalue weighted by molar-refractivity contribution is 5.80. The fourth-order valence-electron chi connectivity index (χ4n) is 1.83. The molecule has 1 N–H and O–H groups in total. The number of benzene rings is 1. The minimum absolute atomic E-state index is 0.0387. The molecule has 0 aliphatic rings. The van der Waals surface area contributed by atoms with Crippen molar-refractivity contribution < 1.29 is 9.21 Å². The molecule has 0 bridgehead atoms. The van der Waals surface area contributed by atoms with Gasteiger partial charge < -0.3 is 9.73 Å². The predicted octanol–water partition coefficient (Wildman–Crippen LogP) is 3.66. The Morgan fingerprint density at radius 1 is 1.33 bits per heavy atom. The first-order valence-electron chi connectivity index (χ1n) is 6.40. The third kappa shape index (κ3) is 2.55. The summed E-state index contributed by atoms with van der Waals surface area (Å²) in [6.45, 7) is 5.88. The van der Waals surface area contributed by atoms with Crippen LogP contribution < -0.4 is 5.32 Å². The van der Waals surface area contributed by atoms with Gasteiger partial charge in [0.2, 0.25) is 5.91 Å². The van der Waals surface area contributed by atoms with Gasteiger partial charge >= 0.3 is 0 Å². The smallest absolute Gasteiger partial charge is 0.223 e. The molecule has 0 saturated heterocycles. The third-order valence-electron chi connectivity index (χ3n) is 3.29. The van der Waals surface area contributed by atoms with Gasteiger partial charge in [0, 0.05) is 11.3 Å². The van der Waals surface area contributed by atoms with Crippen LogP contribution >= 0.6 is 0 Å². The van der Waals surface area contributed by atoms with Crippen LogP contribution in [0.3, 0.4) is 0 Å². The molecule has 0 spiro atoms. The maximum absolute atomic E-state index is 11.8. The van der Waals surface area contributed by atoms with Gasteiger partial charge in [-0.15, -0.1) is 0 Å². The van der Waals surface area contributed by atoms with Crippen molar-refractivity contribution in [1.82, 2.24) is 5.32 Å². The van der Waals surface area contributed by atoms with E-state index in [1.165, 1.54) is 0 Å². The molecule has 1 heterocycles. The second-order valence-corrected chi connectivity index (χ2v) is 4.73. The molecule has 3 heteroatoms. The molecule has 3 nitrogen and oxygen atoms in total. The molecule has 96 valence electrons. The van der Waals surface area contributed by atoms with Crippen molar-refractivity contribution in [2.75, 3.05) is 0 Å². The summed E-state index contributed by atoms with van der Waals surface area (Å²) in [6, 6.07) is 9.74. The van der Waals surface area contributed by atoms with E-state index in [0.717, 1.165) is 23.2 Å². The first-order chi connectivity index (χ1) is 8.61. The molecule has 2 atom stereocenters. The summed E-state index contributed by atoms with van der Waals surface area (Å²) in [4.78, 5) is 11.8. The lowest BCUT2D eigenvalue weighted by molar-refractivity contribution is -0.125. The Labute approximate surface area is 107 Å². The number of nitrogens with one attached hydrogen (secondary N) is 1. The first kappa shape index (κ1) is 12.7. The number of rotatable bonds is 4. The van der Waals surface area contributed by atoms with Crippen molar-refractivity contribution in [1.29, 1.82) is 0 Å². The van der Waals surface area contributed by atoms with Crippen LogP contribution in [-0.4, -0.2) is 5.91 Å². The molecule has 0 radical (unpaired) electrons. The summed E-state index contributed by atoms with van der Waals surface area (Å²) < 4.78 is 5.73. The van der Waals surface area contributed by atoms with Gasteiger partial charge in [-0.1, -0.05) is 32.0 Å². The van der Waals surface area contributed by atoms with Gasteiger partial charge in [-0.2, -0.15) is 0 Å². The number of amides is 1. The minimum Gasteiger partial charge on any atom is -0.459 e. The number of carbonyl (C=O) groups is 1. The van der Waals surface area contributed by atoms with Crippen LogP contribution in [0.4, 0.5) is 0 Å². The standard InChI is InChI=1S/C15H19NO2/c1-4-10(2)15(17)16-11(3)14-9-12-7-5-6-8-13(12)18-14/h5-11H,4H2,1-3H3,(H,16,17). The Kier molecular flexibility index (Phi) is 3.70. The van der Waals surface area contributed by atoms with Gasteiger partial charge in [0.05, 0.1) is 6.04 Å². The van der Waals surface area contributed by atoms with Crippen molar-refractivity contribution in [3.63, 3.8) is 0 Å². The van der Waals surface area contributed by atoms with E-state index >= 15 is 0 Å². The largest absolute Gasteiger partial charge is 0.459 e. The van der Waals surface area contributed by atoms with E-state index in [1.807, 2.05) is 51.1 Å². The van der Waals surface area contributed by atoms with Crippen molar-refractivity contribution >= 4 is 16.9 Å². The average Bonchev–Trinajstić information content (AvgIpc) is 2.81. The summed E-state index contributed by atoms with van der Waals surface area (Å²) in [5.41, 5.74) is 0.858. The third-order valence-corrected chi connectivity index (χ3v) is 3.29. The maximum Gasteiger partial charge on any atom is 0.223 e. The molecule has 0 fully saturated rings. The molecule has 1 aromatic carbocycles. The monoisotopic (exact) mass is 245 g/mol. The maximum atomic E-state index is 11.8. The molecular weight excluding hydrogens is 226 g/mol. The van der Waals surface area contributed by atoms with Crippen LogP contribution in [0.1, 0.15) is 39.0 Å². The van der Waals surface area contributed by atoms with Crippen LogP contribution in [0.25, 0.3) is 11.0 Å². The lowest BCUT2D eigenvalue weighted by Gasteiger charge is -2.14. The molecular formula is C15H19NO2. The van der Waals surface area contributed by atoms with Crippen molar-refractivity contribution in [2.45, 2.75) is 33.2 Å². The van der Waals surface area contributed by atoms with Crippen LogP contribution in [0.2, 0.25) is 0 Å². The summed E-state index contributed by atoms with van der Waals surface area (Å²) >= 11 is 0. The average molecular weight is 245 g/mol. The Hall–Kier alpha value is -1.77. The fraction of sp³-hybridized carbons (Fsp3) is 0.400. The van der Waals surface area contributed by atoms with Crippen molar-refractivity contribution in [2.24, 2.45) is 5.92 Å². The second-order valence-electron chi connectivity index (χ2n) is 4.73. The lowest BCUT2D eigenvalue weighted by atomic mass is 10.1. The van der Waals surface area contributed by atoms with Crippen molar-refractivity contribution in [3.8, 4) is 0 Å². The van der Waals surface area contributed by atoms with Crippen LogP contribution in [-0.2, 0) is 4.79 Å². The Bertz CT molecular complexity index is 511. The van der Waals surface area contributed by atoms with Crippen LogP contribution in [0.15, 0.2) is 34.7 Å². The topological polar surface area (TPSA) is 42.2 Å². The van der Waals surface area contributed by atoms with Gasteiger partial charge in [-0.3, -0.25) is 4.79 Å². The molecule has 2 aromatic rings. The zero-order valence-electron chi connectivity index (χ0n) is 11.1. The molecule has 18 heavy (non-hydrogen) atoms. The van der Waals surface area contributed by atoms with Crippen molar-refractivity contribution in [3.05, 3.63) is 36.1 Å². The van der Waals surface area contributed by atoms with E-state index in [4.69, 9.17) is 4.42 Å². The van der Waals surface area contributed by atoms with Gasteiger partial charge in [0.25, 0.3) is 0 Å². The summed E-state index contributed by atoms with van der Waals surface area (Å²) in [6.07, 6.45) is 0.846. The highest BCUT2D eigenvalue weighted by Crippen LogP contribution is 2.23. The molecule has 1 aromatic heterocycles. The number of carbonyl (C=O) groups excluding carboxylic acids is 1. The minimum atomic E-state index is -0.0982. The predicted molar refractivity (Wildman–Crippen MR) is 72.2 cm³/mol. The molecule has 2 unspecified atom stereocenters. The Morgan fingerprint density at radius 3 is 2.72 bits per heavy atom. The van der Waals surface area contributed by atoms with E-state index in [-0.39, 0.29) is 17.9 Å². The van der Waals surface area contributed by atoms with E-state index in [2.05, 4.69) is 5.32 Å². The molecule has 0 saturated carbocycles. The second kappa shape index (κ2) is 5.25. The van der Waals surface area contributed by atoms with Crippen LogP contribution in [0, 0.1) is 5.92 Å². The molecule has 0 aliphatic carbocycles. The summed E-state index contributed by atoms with van der Waals surface area (Å²) in [5.74, 6) is 0.912. The van der Waals surface area contributed by atoms with E-state index < -0.39 is 0 Å². The number of para-hydroxylation sites is 1. The van der Waals surface area contributed by atoms with Gasteiger partial charge in [-0.05, 0) is 25.5 Å². The lowest BCUT2D eigenvalue weighted by Crippen LogP contribution is -2.31. The van der Waals surface area contributed by atoms with E-state index in [1.54, 1.807) is 0 Å². The number of hydrogen-bond acceptors (Lipinski definition) is 2. The normalized spacial score (nSPS) is 14.4. The SMILES string of the molecule is CCC(C)C(=O)NC(C)c1cc2ccccc2o1. The number of furan rings is 1. The molecule has 0 aliphatic heterocycles. The summed E-state index contributed by atoms with van der Waals surface area (Å²) in [7, 11) is 0. The zero-order chi connectivity index (χ0) is 13.1. The van der Waals surface area contributed by atoms with E-state index in [0.29, 0.717) is 0 Å². The number of hydrogen-bond donors (Lipinski definition) is 1. The summed E-state index contributed by atoms with van der Waals surface area (Å²) in [5, 5.41) is 4.04. The highest BCUT2D eigenvalue weighted by Gasteiger charge is 2.17. The van der Waals surface area contributed by atoms with Gasteiger partial charge in [-0.25, -0.2) is 0 Å². The van der Waals surface area contributed by atoms with Gasteiger partial charge in [0.15, 0.2) is 0 Å². The van der Waals surface area contributed by atoms with E-state index in [9.17, 15) is 4.79 Å². The fourth-order valence-corrected chi connectivity index (χ4v) is 1.83. The zero-order valence-corrected chi connectivity index (χ0v) is 11.1. The van der Waals surface area contributed by atoms with Gasteiger partial charge in [0.1, 0.15) is 11.3 Å². The first-order valence-corrected chi connectivity index (χ1v) is 6.40. The number of fused-ring (bicyclic) bond motifs is 1. The Balaban J connectivity index is 2.13. The quantitative estimate of drug-likeness (QED) is 0.893. The molecule has 1 amide bonds.